The van der Waals surface area contributed by atoms with Crippen LogP contribution in [0.25, 0.3) is 6.08 Å². The molecule has 2 saturated heterocycles. The lowest BCUT2D eigenvalue weighted by Gasteiger charge is -2.33. The topological polar surface area (TPSA) is 170 Å². The molecular weight excluding hydrogens is 720 g/mol. The molecular formula is C43H64N2O11. The van der Waals surface area contributed by atoms with E-state index in [0.29, 0.717) is 43.4 Å². The van der Waals surface area contributed by atoms with Crippen LogP contribution in [0.3, 0.4) is 0 Å². The minimum atomic E-state index is -0.875. The number of rotatable bonds is 21. The van der Waals surface area contributed by atoms with Crippen molar-refractivity contribution in [1.82, 2.24) is 10.2 Å². The average molecular weight is 785 g/mol. The third kappa shape index (κ3) is 13.1. The number of nitrogens with zero attached hydrogens (tertiary/aromatic N) is 1. The molecule has 3 N–H and O–H groups in total. The number of carbonyl (C=O) groups is 4. The number of likely N-dealkylation sites (tertiary alicyclic amines) is 1. The van der Waals surface area contributed by atoms with Crippen molar-refractivity contribution in [1.29, 1.82) is 0 Å². The van der Waals surface area contributed by atoms with Crippen molar-refractivity contribution in [2.75, 3.05) is 26.4 Å². The number of carbonyl (C=O) groups excluding carboxylic acids is 4. The van der Waals surface area contributed by atoms with E-state index in [2.05, 4.69) is 19.2 Å². The van der Waals surface area contributed by atoms with Gasteiger partial charge in [-0.2, -0.15) is 0 Å². The zero-order chi connectivity index (χ0) is 40.7. The SMILES string of the molecule is CCCCCC1(CCCCC)OC2C=C(C(=O)N3CCCC3C(=O)NC(CO)CCC(=O)OC(C)(C)C)CC(OC(=O)c3ccc(C=COCCO)cc3)C2O1. The average Bonchev–Trinajstić information content (AvgIpc) is 3.80. The van der Waals surface area contributed by atoms with Gasteiger partial charge < -0.3 is 44.1 Å². The fraction of sp³-hybridized carbons (Fsp3) is 0.674. The van der Waals surface area contributed by atoms with E-state index < -0.39 is 59.6 Å². The van der Waals surface area contributed by atoms with E-state index in [9.17, 15) is 24.3 Å². The van der Waals surface area contributed by atoms with Crippen LogP contribution < -0.4 is 5.32 Å². The molecule has 13 nitrogen and oxygen atoms in total. The summed E-state index contributed by atoms with van der Waals surface area (Å²) in [6.45, 7) is 9.69. The Balaban J connectivity index is 1.53. The summed E-state index contributed by atoms with van der Waals surface area (Å²) >= 11 is 0. The van der Waals surface area contributed by atoms with Crippen LogP contribution in [0, 0.1) is 0 Å². The minimum Gasteiger partial charge on any atom is -0.499 e. The molecule has 2 fully saturated rings. The Hall–Kier alpha value is -3.78. The first-order chi connectivity index (χ1) is 26.8. The van der Waals surface area contributed by atoms with Crippen molar-refractivity contribution in [3.8, 4) is 0 Å². The van der Waals surface area contributed by atoms with Gasteiger partial charge in [0.1, 0.15) is 36.6 Å². The van der Waals surface area contributed by atoms with Gasteiger partial charge in [-0.3, -0.25) is 14.4 Å². The van der Waals surface area contributed by atoms with Gasteiger partial charge >= 0.3 is 11.9 Å². The first-order valence-electron chi connectivity index (χ1n) is 20.5. The number of amides is 2. The van der Waals surface area contributed by atoms with Gasteiger partial charge in [0.05, 0.1) is 31.1 Å². The summed E-state index contributed by atoms with van der Waals surface area (Å²) in [5.41, 5.74) is 0.863. The first kappa shape index (κ1) is 44.9. The molecule has 4 rings (SSSR count). The summed E-state index contributed by atoms with van der Waals surface area (Å²) < 4.78 is 30.3. The molecule has 1 aromatic rings. The van der Waals surface area contributed by atoms with Crippen molar-refractivity contribution in [3.63, 3.8) is 0 Å². The highest BCUT2D eigenvalue weighted by atomic mass is 16.8. The number of fused-ring (bicyclic) bond motifs is 1. The van der Waals surface area contributed by atoms with Gasteiger partial charge in [0.2, 0.25) is 11.8 Å². The van der Waals surface area contributed by atoms with Crippen LogP contribution in [0.1, 0.15) is 134 Å². The molecule has 0 aromatic heterocycles. The highest BCUT2D eigenvalue weighted by molar-refractivity contribution is 5.98. The lowest BCUT2D eigenvalue weighted by Crippen LogP contribution is -2.51. The van der Waals surface area contributed by atoms with Gasteiger partial charge in [-0.1, -0.05) is 51.7 Å². The van der Waals surface area contributed by atoms with E-state index in [1.807, 2.05) is 0 Å². The maximum atomic E-state index is 14.4. The van der Waals surface area contributed by atoms with E-state index in [4.69, 9.17) is 28.8 Å². The lowest BCUT2D eigenvalue weighted by molar-refractivity contribution is -0.190. The minimum absolute atomic E-state index is 0.0215. The summed E-state index contributed by atoms with van der Waals surface area (Å²) in [7, 11) is 0. The van der Waals surface area contributed by atoms with Crippen molar-refractivity contribution in [2.45, 2.75) is 160 Å². The molecule has 56 heavy (non-hydrogen) atoms. The van der Waals surface area contributed by atoms with Gasteiger partial charge in [0.25, 0.3) is 0 Å². The normalized spacial score (nSPS) is 22.3. The van der Waals surface area contributed by atoms with Crippen molar-refractivity contribution >= 4 is 29.8 Å². The van der Waals surface area contributed by atoms with Gasteiger partial charge in [-0.15, -0.1) is 0 Å². The second kappa shape index (κ2) is 21.7. The second-order valence-corrected chi connectivity index (χ2v) is 16.0. The summed E-state index contributed by atoms with van der Waals surface area (Å²) in [5, 5.41) is 21.8. The summed E-state index contributed by atoms with van der Waals surface area (Å²) in [6.07, 6.45) is 11.5. The molecule has 312 valence electrons. The Labute approximate surface area is 332 Å². The van der Waals surface area contributed by atoms with E-state index in [1.165, 1.54) is 6.26 Å². The molecule has 13 heteroatoms. The lowest BCUT2D eigenvalue weighted by atomic mass is 9.91. The molecule has 0 saturated carbocycles. The molecule has 2 heterocycles. The molecule has 0 radical (unpaired) electrons. The van der Waals surface area contributed by atoms with E-state index in [-0.39, 0.29) is 45.0 Å². The molecule has 0 bridgehead atoms. The van der Waals surface area contributed by atoms with Crippen LogP contribution in [0.4, 0.5) is 0 Å². The maximum absolute atomic E-state index is 14.4. The van der Waals surface area contributed by atoms with Crippen LogP contribution >= 0.6 is 0 Å². The number of aliphatic hydroxyl groups excluding tert-OH is 2. The number of unbranched alkanes of at least 4 members (excludes halogenated alkanes) is 4. The van der Waals surface area contributed by atoms with E-state index in [0.717, 1.165) is 44.1 Å². The van der Waals surface area contributed by atoms with Crippen LogP contribution in [0.5, 0.6) is 0 Å². The molecule has 2 amide bonds. The van der Waals surface area contributed by atoms with Gasteiger partial charge in [0.15, 0.2) is 5.79 Å². The number of benzene rings is 1. The molecule has 0 spiro atoms. The fourth-order valence-electron chi connectivity index (χ4n) is 7.43. The van der Waals surface area contributed by atoms with Gasteiger partial charge in [0, 0.05) is 37.8 Å². The van der Waals surface area contributed by atoms with Crippen molar-refractivity contribution in [3.05, 3.63) is 53.3 Å². The largest absolute Gasteiger partial charge is 0.499 e. The number of esters is 2. The smallest absolute Gasteiger partial charge is 0.338 e. The molecule has 2 aliphatic heterocycles. The quantitative estimate of drug-likeness (QED) is 0.0788. The summed E-state index contributed by atoms with van der Waals surface area (Å²) in [6, 6.07) is 5.36. The zero-order valence-corrected chi connectivity index (χ0v) is 34.0. The highest BCUT2D eigenvalue weighted by Crippen LogP contribution is 2.43. The Morgan fingerprint density at radius 2 is 1.71 bits per heavy atom. The monoisotopic (exact) mass is 784 g/mol. The third-order valence-corrected chi connectivity index (χ3v) is 10.2. The first-order valence-corrected chi connectivity index (χ1v) is 20.5. The third-order valence-electron chi connectivity index (χ3n) is 10.2. The Morgan fingerprint density at radius 3 is 2.34 bits per heavy atom. The van der Waals surface area contributed by atoms with Crippen molar-refractivity contribution in [2.24, 2.45) is 0 Å². The van der Waals surface area contributed by atoms with Crippen LogP contribution in [0.2, 0.25) is 0 Å². The predicted octanol–water partition coefficient (Wildman–Crippen LogP) is 5.75. The van der Waals surface area contributed by atoms with Crippen LogP contribution in [0.15, 0.2) is 42.2 Å². The van der Waals surface area contributed by atoms with Crippen LogP contribution in [-0.4, -0.2) is 107 Å². The molecule has 5 atom stereocenters. The molecule has 1 aliphatic carbocycles. The fourth-order valence-corrected chi connectivity index (χ4v) is 7.43. The van der Waals surface area contributed by atoms with Crippen molar-refractivity contribution < 1.29 is 53.1 Å². The predicted molar refractivity (Wildman–Crippen MR) is 210 cm³/mol. The summed E-state index contributed by atoms with van der Waals surface area (Å²) in [4.78, 5) is 55.4. The number of hydrogen-bond acceptors (Lipinski definition) is 11. The highest BCUT2D eigenvalue weighted by Gasteiger charge is 2.53. The maximum Gasteiger partial charge on any atom is 0.338 e. The number of nitrogens with one attached hydrogen (secondary N) is 1. The van der Waals surface area contributed by atoms with Gasteiger partial charge in [-0.05, 0) is 82.7 Å². The van der Waals surface area contributed by atoms with E-state index >= 15 is 0 Å². The summed E-state index contributed by atoms with van der Waals surface area (Å²) in [5.74, 6) is -2.60. The van der Waals surface area contributed by atoms with Crippen LogP contribution in [-0.2, 0) is 38.1 Å². The molecule has 1 aromatic carbocycles. The second-order valence-electron chi connectivity index (χ2n) is 16.0. The Bertz CT molecular complexity index is 1490. The van der Waals surface area contributed by atoms with Gasteiger partial charge in [-0.25, -0.2) is 4.79 Å². The standard InChI is InChI=1S/C43H64N2O11/c1-6-8-10-21-43(22-11-9-7-2)54-36-28-32(27-35(38(36)56-43)53-41(51)31-16-14-30(15-17-31)20-25-52-26-24-46)40(50)45-23-12-13-34(45)39(49)44-33(29-47)18-19-37(48)55-42(3,4)5/h14-17,20,25,28,33-36,38,46-47H,6-13,18-19,21-24,26-27,29H2,1-5H3,(H,44,49). The number of hydrogen-bond donors (Lipinski definition) is 3. The van der Waals surface area contributed by atoms with E-state index in [1.54, 1.807) is 62.1 Å². The Morgan fingerprint density at radius 1 is 1.02 bits per heavy atom. The number of aliphatic hydroxyl groups is 2. The number of ether oxygens (including phenoxy) is 5. The molecule has 3 aliphatic rings. The zero-order valence-electron chi connectivity index (χ0n) is 34.0. The molecule has 5 unspecified atom stereocenters. The Kier molecular flexibility index (Phi) is 17.4.